The predicted octanol–water partition coefficient (Wildman–Crippen LogP) is 0.648. The standard InChI is InChI=1S/C34H36Cl2N8O8S2.2Na/c1-6-43(13-8-14-53(47,48)49)30-18-27(38-20(2)45)28(17-26(30)36)40-41-32-24(19-37)31(34(3,4)5)42-44(32)29-12-11-22(16-25(29)35)39-33(46)21-9-7-10-23(15-21)54(50,51)52;;/h7,9-12,15-18H,6,8,13-14H2,1-5H3,(H,38,45)(H,39,46)(H,47,48,49)(H,50,51,52);;/q;2*+1/p-2. The second-order valence-electron chi connectivity index (χ2n) is 12.8. The molecule has 22 heteroatoms. The van der Waals surface area contributed by atoms with E-state index in [0.29, 0.717) is 17.9 Å². The molecule has 16 nitrogen and oxygen atoms in total. The number of amides is 2. The maximum Gasteiger partial charge on any atom is 1.00 e. The number of nitriles is 1. The molecule has 1 aromatic heterocycles. The third-order valence-corrected chi connectivity index (χ3v) is 9.90. The van der Waals surface area contributed by atoms with Crippen molar-refractivity contribution in [1.82, 2.24) is 9.78 Å². The molecule has 0 aliphatic carbocycles. The summed E-state index contributed by atoms with van der Waals surface area (Å²) >= 11 is 13.4. The van der Waals surface area contributed by atoms with Crippen LogP contribution in [0.1, 0.15) is 62.7 Å². The SMILES string of the molecule is CCN(CCCS(=O)(=O)[O-])c1cc(NC(C)=O)c(N=Nc2c(C#N)c(C(C)(C)C)nn2-c2ccc(NC(=O)c3cccc(S(=O)(=O)[O-])c3)cc2Cl)cc1Cl.[Na+].[Na+]. The fourth-order valence-corrected chi connectivity index (χ4v) is 6.74. The Labute approximate surface area is 379 Å². The zero-order valence-electron chi connectivity index (χ0n) is 31.5. The second kappa shape index (κ2) is 20.2. The van der Waals surface area contributed by atoms with Crippen LogP contribution in [0.2, 0.25) is 10.0 Å². The molecule has 56 heavy (non-hydrogen) atoms. The quantitative estimate of drug-likeness (QED) is 0.107. The summed E-state index contributed by atoms with van der Waals surface area (Å²) in [4.78, 5) is 26.3. The first-order valence-corrected chi connectivity index (χ1v) is 19.8. The van der Waals surface area contributed by atoms with Gasteiger partial charge < -0.3 is 24.6 Å². The third-order valence-electron chi connectivity index (χ3n) is 7.67. The topological polar surface area (TPSA) is 242 Å². The maximum absolute atomic E-state index is 12.9. The molecule has 2 N–H and O–H groups in total. The molecule has 2 amide bonds. The van der Waals surface area contributed by atoms with E-state index in [9.17, 15) is 40.8 Å². The summed E-state index contributed by atoms with van der Waals surface area (Å²) in [5.74, 6) is -1.75. The van der Waals surface area contributed by atoms with Crippen LogP contribution < -0.4 is 74.6 Å². The molecule has 0 fully saturated rings. The Balaban J connectivity index is 0.00000541. The minimum absolute atomic E-state index is 0. The van der Waals surface area contributed by atoms with Gasteiger partial charge in [-0.1, -0.05) is 50.0 Å². The molecule has 4 aromatic rings. The van der Waals surface area contributed by atoms with Crippen LogP contribution in [-0.2, 0) is 30.4 Å². The number of nitrogens with one attached hydrogen (secondary N) is 2. The molecule has 1 heterocycles. The number of hydrogen-bond donors (Lipinski definition) is 2. The molecular weight excluding hydrogens is 829 g/mol. The molecule has 0 spiro atoms. The van der Waals surface area contributed by atoms with E-state index in [4.69, 9.17) is 23.2 Å². The van der Waals surface area contributed by atoms with E-state index in [0.717, 1.165) is 12.1 Å². The van der Waals surface area contributed by atoms with Gasteiger partial charge in [0.15, 0.2) is 5.82 Å². The van der Waals surface area contributed by atoms with Crippen molar-refractivity contribution in [2.75, 3.05) is 34.4 Å². The van der Waals surface area contributed by atoms with E-state index in [-0.39, 0.29) is 122 Å². The number of halogens is 2. The average Bonchev–Trinajstić information content (AvgIpc) is 3.45. The fraction of sp³-hybridized carbons (Fsp3) is 0.294. The van der Waals surface area contributed by atoms with Gasteiger partial charge in [0.05, 0.1) is 47.8 Å². The molecule has 4 rings (SSSR count). The van der Waals surface area contributed by atoms with E-state index in [2.05, 4.69) is 32.0 Å². The van der Waals surface area contributed by atoms with Gasteiger partial charge in [-0.2, -0.15) is 10.4 Å². The van der Waals surface area contributed by atoms with Crippen LogP contribution in [0.15, 0.2) is 69.7 Å². The van der Waals surface area contributed by atoms with Crippen molar-refractivity contribution in [3.8, 4) is 11.8 Å². The summed E-state index contributed by atoms with van der Waals surface area (Å²) in [7, 11) is -9.22. The van der Waals surface area contributed by atoms with Crippen molar-refractivity contribution in [2.24, 2.45) is 10.2 Å². The summed E-state index contributed by atoms with van der Waals surface area (Å²) in [5, 5.41) is 29.2. The Bertz CT molecular complexity index is 2420. The summed E-state index contributed by atoms with van der Waals surface area (Å²) in [6, 6.07) is 14.1. The van der Waals surface area contributed by atoms with E-state index in [1.165, 1.54) is 54.1 Å². The van der Waals surface area contributed by atoms with Crippen molar-refractivity contribution in [2.45, 2.75) is 51.3 Å². The van der Waals surface area contributed by atoms with Crippen molar-refractivity contribution >= 4 is 83.8 Å². The third kappa shape index (κ3) is 12.8. The number of rotatable bonds is 13. The van der Waals surface area contributed by atoms with Gasteiger partial charge in [0.25, 0.3) is 5.91 Å². The maximum atomic E-state index is 12.9. The Hall–Kier alpha value is -2.90. The zero-order chi connectivity index (χ0) is 40.2. The van der Waals surface area contributed by atoms with Gasteiger partial charge >= 0.3 is 59.1 Å². The van der Waals surface area contributed by atoms with Crippen LogP contribution in [0, 0.1) is 11.3 Å². The molecular formula is C34H34Cl2N8Na2O8S2. The fourth-order valence-electron chi connectivity index (χ4n) is 5.20. The van der Waals surface area contributed by atoms with Gasteiger partial charge in [-0.25, -0.2) is 21.5 Å². The molecule has 0 saturated carbocycles. The predicted molar refractivity (Wildman–Crippen MR) is 201 cm³/mol. The van der Waals surface area contributed by atoms with Gasteiger partial charge in [0.2, 0.25) is 5.91 Å². The molecule has 0 bridgehead atoms. The Morgan fingerprint density at radius 1 is 0.982 bits per heavy atom. The molecule has 286 valence electrons. The van der Waals surface area contributed by atoms with Crippen molar-refractivity contribution < 1.29 is 94.6 Å². The summed E-state index contributed by atoms with van der Waals surface area (Å²) < 4.78 is 69.0. The number of benzene rings is 3. The number of aromatic nitrogens is 2. The van der Waals surface area contributed by atoms with Crippen LogP contribution >= 0.6 is 23.2 Å². The molecule has 0 atom stereocenters. The number of azo groups is 1. The minimum Gasteiger partial charge on any atom is -0.748 e. The van der Waals surface area contributed by atoms with E-state index in [1.807, 2.05) is 20.8 Å². The number of nitrogens with zero attached hydrogens (tertiary/aromatic N) is 6. The van der Waals surface area contributed by atoms with Gasteiger partial charge in [0, 0.05) is 42.4 Å². The largest absolute Gasteiger partial charge is 1.00 e. The Kier molecular flexibility index (Phi) is 17.7. The number of carbonyl (C=O) groups is 2. The molecule has 0 radical (unpaired) electrons. The van der Waals surface area contributed by atoms with E-state index >= 15 is 0 Å². The van der Waals surface area contributed by atoms with Crippen molar-refractivity contribution in [1.29, 1.82) is 5.26 Å². The van der Waals surface area contributed by atoms with Gasteiger partial charge in [-0.05, 0) is 61.9 Å². The van der Waals surface area contributed by atoms with E-state index < -0.39 is 48.1 Å². The smallest absolute Gasteiger partial charge is 0.748 e. The average molecular weight is 864 g/mol. The van der Waals surface area contributed by atoms with E-state index in [1.54, 1.807) is 11.8 Å². The second-order valence-corrected chi connectivity index (χ2v) is 16.5. The molecule has 0 saturated heterocycles. The van der Waals surface area contributed by atoms with Crippen molar-refractivity contribution in [3.63, 3.8) is 0 Å². The Morgan fingerprint density at radius 3 is 2.21 bits per heavy atom. The summed E-state index contributed by atoms with van der Waals surface area (Å²) in [6.07, 6.45) is 0.0444. The van der Waals surface area contributed by atoms with Crippen molar-refractivity contribution in [3.05, 3.63) is 81.5 Å². The normalized spacial score (nSPS) is 11.6. The number of anilines is 3. The van der Waals surface area contributed by atoms with Crippen LogP contribution in [0.25, 0.3) is 5.69 Å². The molecule has 0 unspecified atom stereocenters. The summed E-state index contributed by atoms with van der Waals surface area (Å²) in [5.41, 5.74) is 0.864. The van der Waals surface area contributed by atoms with Gasteiger partial charge in [-0.15, -0.1) is 10.2 Å². The van der Waals surface area contributed by atoms with Gasteiger partial charge in [-0.3, -0.25) is 9.59 Å². The summed E-state index contributed by atoms with van der Waals surface area (Å²) in [6.45, 7) is 9.19. The monoisotopic (exact) mass is 862 g/mol. The first kappa shape index (κ1) is 49.2. The molecule has 0 aliphatic rings. The number of hydrogen-bond acceptors (Lipinski definition) is 13. The van der Waals surface area contributed by atoms with Crippen LogP contribution in [0.4, 0.5) is 28.6 Å². The molecule has 0 aliphatic heterocycles. The first-order valence-electron chi connectivity index (χ1n) is 16.0. The number of carbonyl (C=O) groups excluding carboxylic acids is 2. The van der Waals surface area contributed by atoms with Crippen LogP contribution in [-0.4, -0.2) is 66.4 Å². The minimum atomic E-state index is -4.79. The zero-order valence-corrected chi connectivity index (χ0v) is 38.7. The van der Waals surface area contributed by atoms with Gasteiger partial charge in [0.1, 0.15) is 27.4 Å². The Morgan fingerprint density at radius 2 is 1.66 bits per heavy atom. The first-order chi connectivity index (χ1) is 25.1. The van der Waals surface area contributed by atoms with Crippen LogP contribution in [0.3, 0.4) is 0 Å². The molecule has 3 aromatic carbocycles. The van der Waals surface area contributed by atoms with Crippen LogP contribution in [0.5, 0.6) is 0 Å².